The highest BCUT2D eigenvalue weighted by Gasteiger charge is 2.27. The van der Waals surface area contributed by atoms with Gasteiger partial charge in [-0.15, -0.1) is 0 Å². The lowest BCUT2D eigenvalue weighted by atomic mass is 10.1. The molecule has 3 amide bonds. The summed E-state index contributed by atoms with van der Waals surface area (Å²) in [6.45, 7) is 11.5. The van der Waals surface area contributed by atoms with Crippen LogP contribution in [0.15, 0.2) is 36.4 Å². The van der Waals surface area contributed by atoms with Crippen molar-refractivity contribution in [1.29, 1.82) is 0 Å². The minimum Gasteiger partial charge on any atom is -0.444 e. The van der Waals surface area contributed by atoms with Crippen molar-refractivity contribution in [1.82, 2.24) is 10.2 Å². The van der Waals surface area contributed by atoms with Crippen LogP contribution in [0.25, 0.3) is 0 Å². The Morgan fingerprint density at radius 3 is 1.62 bits per heavy atom. The Bertz CT molecular complexity index is 1190. The van der Waals surface area contributed by atoms with Crippen molar-refractivity contribution >= 4 is 52.5 Å². The fraction of sp³-hybridized carbons (Fsp3) is 0.444. The van der Waals surface area contributed by atoms with E-state index < -0.39 is 17.4 Å². The molecule has 12 heteroatoms. The topological polar surface area (TPSA) is 134 Å². The first kappa shape index (κ1) is 30.3. The molecule has 0 spiro atoms. The van der Waals surface area contributed by atoms with Gasteiger partial charge in [0, 0.05) is 52.4 Å². The van der Waals surface area contributed by atoms with E-state index in [1.54, 1.807) is 23.1 Å². The number of ether oxygens (including phenoxy) is 1. The Kier molecular flexibility index (Phi) is 10.3. The number of benzene rings is 2. The lowest BCUT2D eigenvalue weighted by molar-refractivity contribution is 0.0240. The molecule has 0 aromatic heterocycles. The van der Waals surface area contributed by atoms with Crippen molar-refractivity contribution in [3.63, 3.8) is 0 Å². The van der Waals surface area contributed by atoms with E-state index in [0.29, 0.717) is 47.4 Å². The van der Waals surface area contributed by atoms with Gasteiger partial charge in [0.05, 0.1) is 32.5 Å². The van der Waals surface area contributed by atoms with Crippen molar-refractivity contribution < 1.29 is 19.1 Å². The number of carbonyl (C=O) groups excluding carboxylic acids is 3. The van der Waals surface area contributed by atoms with Gasteiger partial charge in [0.1, 0.15) is 5.60 Å². The summed E-state index contributed by atoms with van der Waals surface area (Å²) in [5.41, 5.74) is 12.4. The maximum atomic E-state index is 12.1. The molecule has 0 aliphatic carbocycles. The number of hydrogen-bond donors (Lipinski definition) is 3. The van der Waals surface area contributed by atoms with Gasteiger partial charge in [0.2, 0.25) is 11.8 Å². The molecule has 10 nitrogen and oxygen atoms in total. The molecule has 2 aliphatic rings. The molecule has 0 bridgehead atoms. The third-order valence-corrected chi connectivity index (χ3v) is 7.01. The van der Waals surface area contributed by atoms with Crippen LogP contribution in [-0.2, 0) is 4.74 Å². The molecular formula is C27H36Cl2N6O4. The maximum absolute atomic E-state index is 12.1. The molecule has 0 radical (unpaired) electrons. The summed E-state index contributed by atoms with van der Waals surface area (Å²) >= 11 is 12.4. The molecule has 212 valence electrons. The molecule has 39 heavy (non-hydrogen) atoms. The second-order valence-corrected chi connectivity index (χ2v) is 11.0. The number of nitrogens with two attached hydrogens (primary N) is 2. The number of nitrogens with one attached hydrogen (secondary N) is 1. The minimum atomic E-state index is -0.552. The number of nitrogens with zero attached hydrogens (tertiary/aromatic N) is 3. The van der Waals surface area contributed by atoms with Crippen LogP contribution in [0.5, 0.6) is 0 Å². The van der Waals surface area contributed by atoms with Gasteiger partial charge < -0.3 is 36.2 Å². The summed E-state index contributed by atoms with van der Waals surface area (Å²) < 4.78 is 5.37. The summed E-state index contributed by atoms with van der Waals surface area (Å²) in [6, 6.07) is 10.6. The Labute approximate surface area is 239 Å². The van der Waals surface area contributed by atoms with Crippen molar-refractivity contribution in [3.8, 4) is 0 Å². The van der Waals surface area contributed by atoms with Crippen molar-refractivity contribution in [2.75, 3.05) is 62.2 Å². The summed E-state index contributed by atoms with van der Waals surface area (Å²) in [4.78, 5) is 40.5. The number of rotatable bonds is 4. The third-order valence-electron chi connectivity index (χ3n) is 6.22. The van der Waals surface area contributed by atoms with Crippen LogP contribution in [0.3, 0.4) is 0 Å². The van der Waals surface area contributed by atoms with Gasteiger partial charge >= 0.3 is 6.09 Å². The van der Waals surface area contributed by atoms with E-state index >= 15 is 0 Å². The van der Waals surface area contributed by atoms with Crippen LogP contribution in [0.4, 0.5) is 16.2 Å². The average molecular weight is 580 g/mol. The van der Waals surface area contributed by atoms with E-state index in [4.69, 9.17) is 39.4 Å². The predicted octanol–water partition coefficient (Wildman–Crippen LogP) is 3.34. The quantitative estimate of drug-likeness (QED) is 0.506. The van der Waals surface area contributed by atoms with Gasteiger partial charge in [-0.05, 0) is 45.0 Å². The van der Waals surface area contributed by atoms with Crippen LogP contribution in [-0.4, -0.2) is 80.8 Å². The Morgan fingerprint density at radius 2 is 1.21 bits per heavy atom. The molecule has 2 aromatic carbocycles. The highest BCUT2D eigenvalue weighted by Crippen LogP contribution is 2.30. The third kappa shape index (κ3) is 8.14. The molecular weight excluding hydrogens is 543 g/mol. The number of carbonyl (C=O) groups is 3. The van der Waals surface area contributed by atoms with Crippen LogP contribution in [0.1, 0.15) is 41.5 Å². The van der Waals surface area contributed by atoms with Crippen LogP contribution in [0, 0.1) is 0 Å². The number of amides is 3. The monoisotopic (exact) mass is 578 g/mol. The van der Waals surface area contributed by atoms with Gasteiger partial charge in [0.25, 0.3) is 0 Å². The standard InChI is InChI=1S/C16H22ClN3O3.C11H14ClN3O/c1-16(2,3)23-15(22)20-9-7-19(8-10-20)12-6-4-5-11(13(12)17)14(18)21;12-10-8(11(13)16)2-1-3-9(10)15-6-4-14-5-7-15/h4-6H,7-10H2,1-3H3,(H2,18,21);1-3,14H,4-7H2,(H2,13,16). The van der Waals surface area contributed by atoms with Crippen LogP contribution in [0.2, 0.25) is 10.0 Å². The van der Waals surface area contributed by atoms with Gasteiger partial charge in [-0.1, -0.05) is 35.3 Å². The lowest BCUT2D eigenvalue weighted by Gasteiger charge is -2.37. The Hall–Kier alpha value is -3.21. The highest BCUT2D eigenvalue weighted by molar-refractivity contribution is 6.36. The first-order chi connectivity index (χ1) is 18.4. The number of hydrogen-bond acceptors (Lipinski definition) is 7. The molecule has 5 N–H and O–H groups in total. The second-order valence-electron chi connectivity index (χ2n) is 10.2. The van der Waals surface area contributed by atoms with Crippen molar-refractivity contribution in [2.24, 2.45) is 11.5 Å². The molecule has 2 saturated heterocycles. The summed E-state index contributed by atoms with van der Waals surface area (Å²) in [6.07, 6.45) is -0.311. The molecule has 0 unspecified atom stereocenters. The van der Waals surface area contributed by atoms with E-state index in [1.807, 2.05) is 43.9 Å². The smallest absolute Gasteiger partial charge is 0.410 e. The van der Waals surface area contributed by atoms with Gasteiger partial charge in [-0.25, -0.2) is 4.79 Å². The first-order valence-electron chi connectivity index (χ1n) is 12.7. The Balaban J connectivity index is 0.000000230. The van der Waals surface area contributed by atoms with Gasteiger partial charge in [0.15, 0.2) is 0 Å². The second kappa shape index (κ2) is 13.2. The fourth-order valence-electron chi connectivity index (χ4n) is 4.27. The fourth-order valence-corrected chi connectivity index (χ4v) is 4.95. The van der Waals surface area contributed by atoms with E-state index in [-0.39, 0.29) is 6.09 Å². The van der Waals surface area contributed by atoms with E-state index in [2.05, 4.69) is 10.2 Å². The zero-order valence-corrected chi connectivity index (χ0v) is 24.0. The van der Waals surface area contributed by atoms with E-state index in [0.717, 1.165) is 37.6 Å². The zero-order valence-electron chi connectivity index (χ0n) is 22.5. The number of halogens is 2. The van der Waals surface area contributed by atoms with Crippen molar-refractivity contribution in [2.45, 2.75) is 26.4 Å². The molecule has 2 fully saturated rings. The largest absolute Gasteiger partial charge is 0.444 e. The molecule has 0 saturated carbocycles. The summed E-state index contributed by atoms with van der Waals surface area (Å²) in [7, 11) is 0. The summed E-state index contributed by atoms with van der Waals surface area (Å²) in [5.74, 6) is -1.04. The average Bonchev–Trinajstić information content (AvgIpc) is 2.88. The lowest BCUT2D eigenvalue weighted by Crippen LogP contribution is -2.50. The molecule has 0 atom stereocenters. The normalized spacial score (nSPS) is 15.8. The van der Waals surface area contributed by atoms with Crippen LogP contribution < -0.4 is 26.6 Å². The van der Waals surface area contributed by atoms with Gasteiger partial charge in [-0.2, -0.15) is 0 Å². The zero-order chi connectivity index (χ0) is 28.7. The van der Waals surface area contributed by atoms with Crippen molar-refractivity contribution in [3.05, 3.63) is 57.6 Å². The van der Waals surface area contributed by atoms with Gasteiger partial charge in [-0.3, -0.25) is 9.59 Å². The predicted molar refractivity (Wildman–Crippen MR) is 155 cm³/mol. The number of piperazine rings is 2. The highest BCUT2D eigenvalue weighted by atomic mass is 35.5. The Morgan fingerprint density at radius 1 is 0.769 bits per heavy atom. The molecule has 2 heterocycles. The first-order valence-corrected chi connectivity index (χ1v) is 13.5. The van der Waals surface area contributed by atoms with Crippen LogP contribution >= 0.6 is 23.2 Å². The van der Waals surface area contributed by atoms with E-state index in [1.165, 1.54) is 0 Å². The molecule has 2 aromatic rings. The minimum absolute atomic E-state index is 0.304. The maximum Gasteiger partial charge on any atom is 0.410 e. The summed E-state index contributed by atoms with van der Waals surface area (Å²) in [5, 5.41) is 4.07. The molecule has 2 aliphatic heterocycles. The number of anilines is 2. The SMILES string of the molecule is CC(C)(C)OC(=O)N1CCN(c2cccc(C(N)=O)c2Cl)CC1.NC(=O)c1cccc(N2CCNCC2)c1Cl. The number of primary amides is 2. The van der Waals surface area contributed by atoms with E-state index in [9.17, 15) is 14.4 Å². The molecule has 4 rings (SSSR count).